The molecule has 2 heterocycles. The smallest absolute Gasteiger partial charge is 0.278 e. The lowest BCUT2D eigenvalue weighted by Crippen LogP contribution is -2.60. The maximum absolute atomic E-state index is 13.2. The number of halogens is 1. The summed E-state index contributed by atoms with van der Waals surface area (Å²) in [7, 11) is 0. The van der Waals surface area contributed by atoms with Crippen molar-refractivity contribution in [3.05, 3.63) is 70.7 Å². The highest BCUT2D eigenvalue weighted by Gasteiger charge is 2.54. The van der Waals surface area contributed by atoms with Gasteiger partial charge in [0.05, 0.1) is 11.3 Å². The first-order valence-electron chi connectivity index (χ1n) is 7.49. The third-order valence-corrected chi connectivity index (χ3v) is 4.82. The molecule has 5 nitrogen and oxygen atoms in total. The van der Waals surface area contributed by atoms with Crippen LogP contribution < -0.4 is 15.5 Å². The fourth-order valence-electron chi connectivity index (χ4n) is 3.28. The molecule has 1 atom stereocenters. The summed E-state index contributed by atoms with van der Waals surface area (Å²) < 4.78 is 0.837. The van der Waals surface area contributed by atoms with Gasteiger partial charge < -0.3 is 15.5 Å². The second-order valence-corrected chi connectivity index (χ2v) is 6.66. The molecule has 1 unspecified atom stereocenters. The van der Waals surface area contributed by atoms with Gasteiger partial charge in [0.2, 0.25) is 5.66 Å². The highest BCUT2D eigenvalue weighted by Crippen LogP contribution is 2.44. The Balaban J connectivity index is 1.93. The number of hydrogen-bond donors (Lipinski definition) is 2. The first kappa shape index (κ1) is 15.0. The predicted octanol–water partition coefficient (Wildman–Crippen LogP) is 2.99. The van der Waals surface area contributed by atoms with Gasteiger partial charge in [0, 0.05) is 22.3 Å². The van der Waals surface area contributed by atoms with Crippen LogP contribution in [-0.2, 0) is 10.5 Å². The number of carbonyl (C=O) groups excluding carboxylic acids is 2. The molecule has 120 valence electrons. The van der Waals surface area contributed by atoms with Crippen molar-refractivity contribution in [2.24, 2.45) is 0 Å². The zero-order valence-corrected chi connectivity index (χ0v) is 14.3. The van der Waals surface area contributed by atoms with E-state index in [0.29, 0.717) is 23.4 Å². The van der Waals surface area contributed by atoms with Crippen molar-refractivity contribution in [1.82, 2.24) is 5.32 Å². The van der Waals surface area contributed by atoms with Gasteiger partial charge in [-0.25, -0.2) is 0 Å². The van der Waals surface area contributed by atoms with E-state index in [1.54, 1.807) is 29.2 Å². The number of hydrogen-bond acceptors (Lipinski definition) is 3. The monoisotopic (exact) mass is 383 g/mol. The van der Waals surface area contributed by atoms with Crippen LogP contribution in [0.25, 0.3) is 0 Å². The highest BCUT2D eigenvalue weighted by atomic mass is 79.9. The molecule has 4 rings (SSSR count). The number of benzene rings is 2. The maximum atomic E-state index is 13.2. The van der Waals surface area contributed by atoms with Crippen LogP contribution in [0.2, 0.25) is 0 Å². The van der Waals surface area contributed by atoms with E-state index in [1.807, 2.05) is 24.3 Å². The quantitative estimate of drug-likeness (QED) is 0.783. The Labute approximate surface area is 147 Å². The number of nitrogens with zero attached hydrogens (tertiary/aromatic N) is 1. The molecule has 2 amide bonds. The minimum Gasteiger partial charge on any atom is -0.350 e. The van der Waals surface area contributed by atoms with Crippen molar-refractivity contribution in [3.63, 3.8) is 0 Å². The van der Waals surface area contributed by atoms with Gasteiger partial charge >= 0.3 is 0 Å². The Bertz CT molecular complexity index is 896. The lowest BCUT2D eigenvalue weighted by atomic mass is 9.96. The Morgan fingerprint density at radius 3 is 2.75 bits per heavy atom. The van der Waals surface area contributed by atoms with E-state index in [4.69, 9.17) is 0 Å². The first-order chi connectivity index (χ1) is 11.6. The number of amides is 2. The zero-order chi connectivity index (χ0) is 16.9. The number of para-hydroxylation sites is 1. The van der Waals surface area contributed by atoms with Gasteiger partial charge in [-0.2, -0.15) is 0 Å². The average molecular weight is 384 g/mol. The molecule has 2 aromatic rings. The van der Waals surface area contributed by atoms with Gasteiger partial charge in [0.1, 0.15) is 0 Å². The summed E-state index contributed by atoms with van der Waals surface area (Å²) >= 11 is 3.45. The average Bonchev–Trinajstić information content (AvgIpc) is 2.78. The molecular formula is C18H14BrN3O2. The first-order valence-corrected chi connectivity index (χ1v) is 8.29. The lowest BCUT2D eigenvalue weighted by Gasteiger charge is -2.36. The SMILES string of the molecule is C=CCN1C(=O)C2(NC(=O)c3ccccc3N2)c2cc(Br)ccc21. The van der Waals surface area contributed by atoms with E-state index in [1.165, 1.54) is 0 Å². The molecule has 24 heavy (non-hydrogen) atoms. The lowest BCUT2D eigenvalue weighted by molar-refractivity contribution is -0.123. The minimum atomic E-state index is -1.30. The highest BCUT2D eigenvalue weighted by molar-refractivity contribution is 9.10. The largest absolute Gasteiger partial charge is 0.350 e. The van der Waals surface area contributed by atoms with Crippen molar-refractivity contribution in [2.75, 3.05) is 16.8 Å². The van der Waals surface area contributed by atoms with E-state index < -0.39 is 5.66 Å². The van der Waals surface area contributed by atoms with Crippen LogP contribution in [0.1, 0.15) is 15.9 Å². The van der Waals surface area contributed by atoms with Gasteiger partial charge in [0.25, 0.3) is 11.8 Å². The number of anilines is 2. The molecule has 0 bridgehead atoms. The van der Waals surface area contributed by atoms with E-state index in [-0.39, 0.29) is 11.8 Å². The van der Waals surface area contributed by atoms with Crippen LogP contribution >= 0.6 is 15.9 Å². The molecular weight excluding hydrogens is 370 g/mol. The third kappa shape index (κ3) is 1.93. The molecule has 0 aromatic heterocycles. The van der Waals surface area contributed by atoms with Crippen molar-refractivity contribution in [3.8, 4) is 0 Å². The molecule has 2 aromatic carbocycles. The van der Waals surface area contributed by atoms with Crippen molar-refractivity contribution < 1.29 is 9.59 Å². The number of fused-ring (bicyclic) bond motifs is 3. The number of nitrogens with one attached hydrogen (secondary N) is 2. The maximum Gasteiger partial charge on any atom is 0.278 e. The topological polar surface area (TPSA) is 61.4 Å². The van der Waals surface area contributed by atoms with Gasteiger partial charge in [-0.3, -0.25) is 9.59 Å². The minimum absolute atomic E-state index is 0.224. The van der Waals surface area contributed by atoms with Gasteiger partial charge in [-0.15, -0.1) is 6.58 Å². The summed E-state index contributed by atoms with van der Waals surface area (Å²) in [4.78, 5) is 27.4. The van der Waals surface area contributed by atoms with Crippen LogP contribution in [-0.4, -0.2) is 18.4 Å². The van der Waals surface area contributed by atoms with Crippen LogP contribution in [0.5, 0.6) is 0 Å². The number of rotatable bonds is 2. The van der Waals surface area contributed by atoms with Crippen LogP contribution in [0.3, 0.4) is 0 Å². The molecule has 2 aliphatic rings. The molecule has 0 fully saturated rings. The summed E-state index contributed by atoms with van der Waals surface area (Å²) in [6.45, 7) is 4.09. The molecule has 0 aliphatic carbocycles. The molecule has 2 N–H and O–H groups in total. The Kier molecular flexibility index (Phi) is 3.25. The Morgan fingerprint density at radius 2 is 1.96 bits per heavy atom. The van der Waals surface area contributed by atoms with Crippen LogP contribution in [0.15, 0.2) is 59.6 Å². The van der Waals surface area contributed by atoms with Gasteiger partial charge in [-0.05, 0) is 30.3 Å². The second kappa shape index (κ2) is 5.21. The fourth-order valence-corrected chi connectivity index (χ4v) is 3.65. The summed E-state index contributed by atoms with van der Waals surface area (Å²) in [5.41, 5.74) is 1.34. The summed E-state index contributed by atoms with van der Waals surface area (Å²) in [6, 6.07) is 12.8. The van der Waals surface area contributed by atoms with E-state index in [0.717, 1.165) is 10.2 Å². The fraction of sp³-hybridized carbons (Fsp3) is 0.111. The normalized spacial score (nSPS) is 21.1. The molecule has 0 radical (unpaired) electrons. The van der Waals surface area contributed by atoms with E-state index >= 15 is 0 Å². The predicted molar refractivity (Wildman–Crippen MR) is 95.9 cm³/mol. The van der Waals surface area contributed by atoms with Crippen molar-refractivity contribution >= 4 is 39.1 Å². The van der Waals surface area contributed by atoms with Crippen LogP contribution in [0, 0.1) is 0 Å². The van der Waals surface area contributed by atoms with Gasteiger partial charge in [0.15, 0.2) is 0 Å². The zero-order valence-electron chi connectivity index (χ0n) is 12.7. The van der Waals surface area contributed by atoms with E-state index in [2.05, 4.69) is 33.1 Å². The van der Waals surface area contributed by atoms with Crippen LogP contribution in [0.4, 0.5) is 11.4 Å². The number of carbonyl (C=O) groups is 2. The molecule has 6 heteroatoms. The molecule has 0 saturated carbocycles. The summed E-state index contributed by atoms with van der Waals surface area (Å²) in [5.74, 6) is -0.498. The summed E-state index contributed by atoms with van der Waals surface area (Å²) in [5, 5.41) is 6.12. The Hall–Kier alpha value is -2.60. The second-order valence-electron chi connectivity index (χ2n) is 5.74. The molecule has 0 saturated heterocycles. The van der Waals surface area contributed by atoms with Gasteiger partial charge in [-0.1, -0.05) is 34.1 Å². The standard InChI is InChI=1S/C18H14BrN3O2/c1-2-9-22-15-8-7-11(19)10-13(15)18(17(22)24)20-14-6-4-3-5-12(14)16(23)21-18/h2-8,10,20H,1,9H2,(H,21,23). The summed E-state index contributed by atoms with van der Waals surface area (Å²) in [6.07, 6.45) is 1.67. The van der Waals surface area contributed by atoms with E-state index in [9.17, 15) is 9.59 Å². The molecule has 2 aliphatic heterocycles. The van der Waals surface area contributed by atoms with Crippen molar-refractivity contribution in [2.45, 2.75) is 5.66 Å². The molecule has 1 spiro atoms. The Morgan fingerprint density at radius 1 is 1.17 bits per heavy atom. The van der Waals surface area contributed by atoms with Crippen molar-refractivity contribution in [1.29, 1.82) is 0 Å². The third-order valence-electron chi connectivity index (χ3n) is 4.33.